The van der Waals surface area contributed by atoms with Gasteiger partial charge in [-0.15, -0.1) is 5.14 Å². The zero-order valence-electron chi connectivity index (χ0n) is 4.81. The van der Waals surface area contributed by atoms with Crippen LogP contribution in [0.25, 0.3) is 0 Å². The van der Waals surface area contributed by atoms with Crippen LogP contribution in [0.1, 0.15) is 0 Å². The molecule has 1 radical (unpaired) electrons. The topological polar surface area (TPSA) is 112 Å². The first-order valence-electron chi connectivity index (χ1n) is 2.13. The number of sulfonamides is 1. The van der Waals surface area contributed by atoms with Crippen LogP contribution < -0.4 is 5.14 Å². The van der Waals surface area contributed by atoms with Crippen LogP contribution in [-0.4, -0.2) is 32.9 Å². The lowest BCUT2D eigenvalue weighted by Crippen LogP contribution is -2.16. The Balaban J connectivity index is 4.05. The van der Waals surface area contributed by atoms with E-state index in [4.69, 9.17) is 9.69 Å². The maximum absolute atomic E-state index is 9.97. The average molecular weight is 188 g/mol. The Morgan fingerprint density at radius 3 is 1.60 bits per heavy atom. The molecule has 10 heavy (non-hydrogen) atoms. The van der Waals surface area contributed by atoms with Gasteiger partial charge in [0.2, 0.25) is 10.0 Å². The van der Waals surface area contributed by atoms with Gasteiger partial charge in [0, 0.05) is 0 Å². The van der Waals surface area contributed by atoms with E-state index in [2.05, 4.69) is 0 Å². The number of rotatable bonds is 3. The third-order valence-electron chi connectivity index (χ3n) is 0.610. The highest BCUT2D eigenvalue weighted by Crippen LogP contribution is 1.86. The number of hydrogen-bond donors (Lipinski definition) is 1. The molecule has 0 atom stereocenters. The lowest BCUT2D eigenvalue weighted by molar-refractivity contribution is 0.484. The van der Waals surface area contributed by atoms with Crippen molar-refractivity contribution >= 4 is 20.1 Å². The average Bonchev–Trinajstić information content (AvgIpc) is 1.57. The van der Waals surface area contributed by atoms with Gasteiger partial charge in [0.1, 0.15) is 0 Å². The summed E-state index contributed by atoms with van der Waals surface area (Å²) in [4.78, 5) is 0. The van der Waals surface area contributed by atoms with E-state index in [-0.39, 0.29) is 0 Å². The first kappa shape index (κ1) is 9.82. The van der Waals surface area contributed by atoms with Crippen LogP contribution in [0.4, 0.5) is 0 Å². The van der Waals surface area contributed by atoms with Crippen LogP contribution in [-0.2, 0) is 20.1 Å². The van der Waals surface area contributed by atoms with Crippen molar-refractivity contribution in [2.75, 3.05) is 11.5 Å². The monoisotopic (exact) mass is 188 g/mol. The molecule has 0 aliphatic rings. The van der Waals surface area contributed by atoms with Crippen LogP contribution in [0.15, 0.2) is 0 Å². The third-order valence-corrected chi connectivity index (χ3v) is 2.33. The van der Waals surface area contributed by atoms with Crippen LogP contribution in [0, 0.1) is 0 Å². The van der Waals surface area contributed by atoms with Crippen molar-refractivity contribution in [1.82, 2.24) is 5.14 Å². The first-order valence-corrected chi connectivity index (χ1v) is 5.39. The Bertz CT molecular complexity index is 254. The number of hydrogen-bond acceptors (Lipinski definition) is 4. The molecule has 0 unspecified atom stereocenters. The zero-order valence-corrected chi connectivity index (χ0v) is 6.44. The molecule has 8 heteroatoms. The Kier molecular flexibility index (Phi) is 2.77. The van der Waals surface area contributed by atoms with Crippen molar-refractivity contribution in [3.63, 3.8) is 0 Å². The highest BCUT2D eigenvalue weighted by atomic mass is 32.2. The molecule has 0 bridgehead atoms. The number of nitrogens with one attached hydrogen (secondary N) is 1. The first-order chi connectivity index (χ1) is 4.21. The van der Waals surface area contributed by atoms with E-state index in [1.54, 1.807) is 0 Å². The highest BCUT2D eigenvalue weighted by Gasteiger charge is 2.10. The smallest absolute Gasteiger partial charge is 0.265 e. The Morgan fingerprint density at radius 1 is 1.10 bits per heavy atom. The molecular formula is C2H6NO5S2. The quantitative estimate of drug-likeness (QED) is 0.541. The molecule has 0 spiro atoms. The van der Waals surface area contributed by atoms with Gasteiger partial charge in [-0.05, 0) is 0 Å². The van der Waals surface area contributed by atoms with E-state index in [9.17, 15) is 16.8 Å². The van der Waals surface area contributed by atoms with Gasteiger partial charge in [-0.1, -0.05) is 0 Å². The lowest BCUT2D eigenvalue weighted by atomic mass is 11.0. The molecular weight excluding hydrogens is 182 g/mol. The molecule has 0 rings (SSSR count). The minimum Gasteiger partial charge on any atom is -0.286 e. The van der Waals surface area contributed by atoms with Gasteiger partial charge >= 0.3 is 0 Å². The normalized spacial score (nSPS) is 13.4. The standard InChI is InChI=1S/C2H6NO5S2/c3-9(4,5)1-2-10(6,7)8/h3H,1-2H2,(H,6,7,8). The van der Waals surface area contributed by atoms with Crippen molar-refractivity contribution in [2.45, 2.75) is 0 Å². The maximum Gasteiger partial charge on any atom is 0.265 e. The second kappa shape index (κ2) is 2.82. The lowest BCUT2D eigenvalue weighted by Gasteiger charge is -1.92. The SMILES string of the molecule is [NH]S(=O)(=O)CCS(=O)(=O)O. The summed E-state index contributed by atoms with van der Waals surface area (Å²) in [5.74, 6) is -1.79. The fourth-order valence-electron chi connectivity index (χ4n) is 0.215. The molecule has 0 heterocycles. The summed E-state index contributed by atoms with van der Waals surface area (Å²) in [5, 5.41) is 6.21. The summed E-state index contributed by atoms with van der Waals surface area (Å²) in [6, 6.07) is 0. The van der Waals surface area contributed by atoms with Crippen molar-refractivity contribution in [3.05, 3.63) is 0 Å². The summed E-state index contributed by atoms with van der Waals surface area (Å²) in [7, 11) is -8.30. The maximum atomic E-state index is 9.97. The molecule has 0 aliphatic carbocycles. The van der Waals surface area contributed by atoms with Crippen LogP contribution >= 0.6 is 0 Å². The van der Waals surface area contributed by atoms with Crippen molar-refractivity contribution in [1.29, 1.82) is 0 Å². The summed E-state index contributed by atoms with van der Waals surface area (Å²) in [6.07, 6.45) is 0. The fourth-order valence-corrected chi connectivity index (χ4v) is 1.94. The molecule has 0 aromatic carbocycles. The van der Waals surface area contributed by atoms with Gasteiger partial charge in [-0.25, -0.2) is 8.42 Å². The largest absolute Gasteiger partial charge is 0.286 e. The van der Waals surface area contributed by atoms with Crippen LogP contribution in [0.2, 0.25) is 0 Å². The summed E-state index contributed by atoms with van der Waals surface area (Å²) >= 11 is 0. The van der Waals surface area contributed by atoms with E-state index in [0.29, 0.717) is 0 Å². The van der Waals surface area contributed by atoms with Gasteiger partial charge in [-0.3, -0.25) is 4.55 Å². The Labute approximate surface area is 58.8 Å². The fraction of sp³-hybridized carbons (Fsp3) is 1.00. The minimum atomic E-state index is -4.26. The van der Waals surface area contributed by atoms with Gasteiger partial charge in [0.05, 0.1) is 11.5 Å². The van der Waals surface area contributed by atoms with E-state index >= 15 is 0 Å². The molecule has 0 amide bonds. The molecule has 0 aromatic heterocycles. The summed E-state index contributed by atoms with van der Waals surface area (Å²) in [6.45, 7) is 0. The minimum absolute atomic E-state index is 0.869. The van der Waals surface area contributed by atoms with Gasteiger partial charge in [0.25, 0.3) is 10.1 Å². The zero-order chi connectivity index (χ0) is 8.41. The van der Waals surface area contributed by atoms with Crippen LogP contribution in [0.3, 0.4) is 0 Å². The third kappa shape index (κ3) is 7.82. The van der Waals surface area contributed by atoms with E-state index in [1.807, 2.05) is 0 Å². The molecule has 2 N–H and O–H groups in total. The van der Waals surface area contributed by atoms with Crippen molar-refractivity contribution in [3.8, 4) is 0 Å². The second-order valence-electron chi connectivity index (χ2n) is 1.60. The van der Waals surface area contributed by atoms with Gasteiger partial charge < -0.3 is 0 Å². The summed E-state index contributed by atoms with van der Waals surface area (Å²) in [5.41, 5.74) is 0. The van der Waals surface area contributed by atoms with Crippen LogP contribution in [0.5, 0.6) is 0 Å². The molecule has 61 valence electrons. The highest BCUT2D eigenvalue weighted by molar-refractivity contribution is 7.91. The molecule has 0 saturated heterocycles. The van der Waals surface area contributed by atoms with Crippen molar-refractivity contribution in [2.24, 2.45) is 0 Å². The molecule has 0 fully saturated rings. The van der Waals surface area contributed by atoms with Gasteiger partial charge in [-0.2, -0.15) is 8.42 Å². The Hall–Kier alpha value is -0.180. The predicted octanol–water partition coefficient (Wildman–Crippen LogP) is -1.51. The van der Waals surface area contributed by atoms with E-state index < -0.39 is 31.6 Å². The molecule has 0 aromatic rings. The van der Waals surface area contributed by atoms with E-state index in [0.717, 1.165) is 0 Å². The summed E-state index contributed by atoms with van der Waals surface area (Å²) < 4.78 is 47.7. The molecule has 0 aliphatic heterocycles. The molecule has 0 saturated carbocycles. The predicted molar refractivity (Wildman–Crippen MR) is 33.3 cm³/mol. The Morgan fingerprint density at radius 2 is 1.50 bits per heavy atom. The van der Waals surface area contributed by atoms with Crippen molar-refractivity contribution < 1.29 is 21.4 Å². The molecule has 6 nitrogen and oxygen atoms in total. The van der Waals surface area contributed by atoms with Gasteiger partial charge in [0.15, 0.2) is 0 Å². The second-order valence-corrected chi connectivity index (χ2v) is 4.81. The van der Waals surface area contributed by atoms with E-state index in [1.165, 1.54) is 0 Å².